The maximum Gasteiger partial charge on any atom is 0.269 e. The molecule has 1 aromatic heterocycles. The smallest absolute Gasteiger partial charge is 0.269 e. The second-order valence-electron chi connectivity index (χ2n) is 6.99. The van der Waals surface area contributed by atoms with Gasteiger partial charge in [-0.2, -0.15) is 0 Å². The van der Waals surface area contributed by atoms with Crippen LogP contribution in [0, 0.1) is 5.92 Å². The van der Waals surface area contributed by atoms with Gasteiger partial charge in [-0.15, -0.1) is 10.2 Å². The molecule has 3 rings (SSSR count). The first-order valence-corrected chi connectivity index (χ1v) is 11.7. The summed E-state index contributed by atoms with van der Waals surface area (Å²) in [6, 6.07) is 8.64. The second kappa shape index (κ2) is 9.55. The molecule has 0 bridgehead atoms. The van der Waals surface area contributed by atoms with Gasteiger partial charge in [-0.05, 0) is 50.4 Å². The van der Waals surface area contributed by atoms with E-state index in [0.717, 1.165) is 37.4 Å². The van der Waals surface area contributed by atoms with Crippen molar-refractivity contribution in [1.29, 1.82) is 0 Å². The van der Waals surface area contributed by atoms with Crippen molar-refractivity contribution in [2.24, 2.45) is 5.92 Å². The number of nitrogens with zero attached hydrogens (tertiary/aromatic N) is 3. The summed E-state index contributed by atoms with van der Waals surface area (Å²) in [6.07, 6.45) is 3.21. The van der Waals surface area contributed by atoms with Gasteiger partial charge < -0.3 is 4.90 Å². The number of anilines is 1. The molecule has 1 aliphatic rings. The zero-order chi connectivity index (χ0) is 20.0. The Labute approximate surface area is 169 Å². The number of likely N-dealkylation sites (tertiary alicyclic amines) is 1. The number of amides is 1. The van der Waals surface area contributed by atoms with Gasteiger partial charge in [-0.25, -0.2) is 13.1 Å². The average Bonchev–Trinajstić information content (AvgIpc) is 3.15. The SMILES string of the molecule is C[C@@H]1CCCN(CCCNS(=O)(=O)c2nnc(NC(=O)c3ccccc3)s2)C1. The molecule has 1 fully saturated rings. The molecule has 2 N–H and O–H groups in total. The minimum absolute atomic E-state index is 0.150. The van der Waals surface area contributed by atoms with Crippen LogP contribution in [0.5, 0.6) is 0 Å². The molecule has 1 atom stereocenters. The first-order chi connectivity index (χ1) is 13.4. The van der Waals surface area contributed by atoms with E-state index in [1.54, 1.807) is 24.3 Å². The van der Waals surface area contributed by atoms with Crippen LogP contribution in [-0.4, -0.2) is 55.6 Å². The van der Waals surface area contributed by atoms with Gasteiger partial charge in [0.2, 0.25) is 9.47 Å². The maximum absolute atomic E-state index is 12.4. The van der Waals surface area contributed by atoms with E-state index in [1.165, 1.54) is 12.8 Å². The Morgan fingerprint density at radius 2 is 2.07 bits per heavy atom. The predicted molar refractivity (Wildman–Crippen MR) is 109 cm³/mol. The van der Waals surface area contributed by atoms with Crippen LogP contribution < -0.4 is 10.0 Å². The highest BCUT2D eigenvalue weighted by Gasteiger charge is 2.21. The lowest BCUT2D eigenvalue weighted by atomic mass is 10.0. The fourth-order valence-corrected chi connectivity index (χ4v) is 5.20. The van der Waals surface area contributed by atoms with E-state index in [9.17, 15) is 13.2 Å². The molecule has 2 aromatic rings. The molecule has 0 spiro atoms. The number of nitrogens with one attached hydrogen (secondary N) is 2. The molecule has 0 aliphatic carbocycles. The summed E-state index contributed by atoms with van der Waals surface area (Å²) in [4.78, 5) is 14.5. The molecule has 0 saturated carbocycles. The van der Waals surface area contributed by atoms with Crippen molar-refractivity contribution in [3.05, 3.63) is 35.9 Å². The summed E-state index contributed by atoms with van der Waals surface area (Å²) >= 11 is 0.834. The number of carbonyl (C=O) groups excluding carboxylic acids is 1. The Balaban J connectivity index is 1.48. The van der Waals surface area contributed by atoms with Gasteiger partial charge in [0.25, 0.3) is 15.9 Å². The van der Waals surface area contributed by atoms with E-state index in [0.29, 0.717) is 18.0 Å². The summed E-state index contributed by atoms with van der Waals surface area (Å²) in [5, 5.41) is 10.2. The molecule has 1 aliphatic heterocycles. The fourth-order valence-electron chi connectivity index (χ4n) is 3.19. The first-order valence-electron chi connectivity index (χ1n) is 9.36. The Kier molecular flexibility index (Phi) is 7.11. The number of benzene rings is 1. The Morgan fingerprint density at radius 3 is 2.82 bits per heavy atom. The van der Waals surface area contributed by atoms with Gasteiger partial charge in [0.05, 0.1) is 0 Å². The number of piperidine rings is 1. The van der Waals surface area contributed by atoms with Gasteiger partial charge in [-0.1, -0.05) is 36.5 Å². The van der Waals surface area contributed by atoms with Gasteiger partial charge in [-0.3, -0.25) is 10.1 Å². The molecular weight excluding hydrogens is 398 g/mol. The summed E-state index contributed by atoms with van der Waals surface area (Å²) in [6.45, 7) is 5.63. The zero-order valence-electron chi connectivity index (χ0n) is 15.8. The normalized spacial score (nSPS) is 18.1. The van der Waals surface area contributed by atoms with Crippen molar-refractivity contribution in [1.82, 2.24) is 19.8 Å². The largest absolute Gasteiger partial charge is 0.303 e. The van der Waals surface area contributed by atoms with E-state index >= 15 is 0 Å². The summed E-state index contributed by atoms with van der Waals surface area (Å²) in [5.41, 5.74) is 0.465. The molecule has 1 amide bonds. The van der Waals surface area contributed by atoms with Crippen LogP contribution in [0.2, 0.25) is 0 Å². The standard InChI is InChI=1S/C18H25N5O3S2/c1-14-7-5-11-23(13-14)12-6-10-19-28(25,26)18-22-21-17(27-18)20-16(24)15-8-3-2-4-9-15/h2-4,8-9,14,19H,5-7,10-13H2,1H3,(H,20,21,24)/t14-/m1/s1. The quantitative estimate of drug-likeness (QED) is 0.498. The van der Waals surface area contributed by atoms with Crippen LogP contribution in [0.25, 0.3) is 0 Å². The van der Waals surface area contributed by atoms with E-state index in [4.69, 9.17) is 0 Å². The number of sulfonamides is 1. The Morgan fingerprint density at radius 1 is 1.29 bits per heavy atom. The number of rotatable bonds is 8. The number of hydrogen-bond acceptors (Lipinski definition) is 7. The van der Waals surface area contributed by atoms with Crippen molar-refractivity contribution in [2.75, 3.05) is 31.5 Å². The van der Waals surface area contributed by atoms with E-state index in [-0.39, 0.29) is 15.4 Å². The summed E-state index contributed by atoms with van der Waals surface area (Å²) in [5.74, 6) is 0.348. The van der Waals surface area contributed by atoms with Crippen molar-refractivity contribution < 1.29 is 13.2 Å². The molecule has 8 nitrogen and oxygen atoms in total. The Bertz CT molecular complexity index is 886. The van der Waals surface area contributed by atoms with Crippen LogP contribution in [0.3, 0.4) is 0 Å². The van der Waals surface area contributed by atoms with Crippen molar-refractivity contribution in [2.45, 2.75) is 30.5 Å². The van der Waals surface area contributed by atoms with Gasteiger partial charge in [0.15, 0.2) is 0 Å². The monoisotopic (exact) mass is 423 g/mol. The minimum atomic E-state index is -3.73. The molecule has 10 heteroatoms. The molecule has 1 aromatic carbocycles. The highest BCUT2D eigenvalue weighted by Crippen LogP contribution is 2.20. The van der Waals surface area contributed by atoms with E-state index in [2.05, 4.69) is 32.1 Å². The minimum Gasteiger partial charge on any atom is -0.303 e. The fraction of sp³-hybridized carbons (Fsp3) is 0.500. The van der Waals surface area contributed by atoms with Crippen LogP contribution in [0.15, 0.2) is 34.7 Å². The van der Waals surface area contributed by atoms with Gasteiger partial charge in [0, 0.05) is 18.7 Å². The van der Waals surface area contributed by atoms with Crippen molar-refractivity contribution >= 4 is 32.4 Å². The van der Waals surface area contributed by atoms with Crippen LogP contribution in [0.1, 0.15) is 36.5 Å². The predicted octanol–water partition coefficient (Wildman–Crippen LogP) is 2.19. The lowest BCUT2D eigenvalue weighted by Crippen LogP contribution is -2.36. The van der Waals surface area contributed by atoms with Crippen LogP contribution in [0.4, 0.5) is 5.13 Å². The molecular formula is C18H25N5O3S2. The topological polar surface area (TPSA) is 104 Å². The summed E-state index contributed by atoms with van der Waals surface area (Å²) < 4.78 is 27.2. The van der Waals surface area contributed by atoms with Crippen LogP contribution in [-0.2, 0) is 10.0 Å². The zero-order valence-corrected chi connectivity index (χ0v) is 17.4. The molecule has 0 unspecified atom stereocenters. The Hall–Kier alpha value is -1.88. The third-order valence-electron chi connectivity index (χ3n) is 4.58. The average molecular weight is 424 g/mol. The number of hydrogen-bond donors (Lipinski definition) is 2. The van der Waals surface area contributed by atoms with Crippen LogP contribution >= 0.6 is 11.3 Å². The highest BCUT2D eigenvalue weighted by molar-refractivity contribution is 7.91. The maximum atomic E-state index is 12.4. The van der Waals surface area contributed by atoms with Crippen molar-refractivity contribution in [3.8, 4) is 0 Å². The first kappa shape index (κ1) is 20.8. The lowest BCUT2D eigenvalue weighted by molar-refractivity contribution is 0.102. The molecule has 2 heterocycles. The van der Waals surface area contributed by atoms with Gasteiger partial charge in [0.1, 0.15) is 0 Å². The van der Waals surface area contributed by atoms with Gasteiger partial charge >= 0.3 is 0 Å². The molecule has 0 radical (unpaired) electrons. The number of aromatic nitrogens is 2. The third kappa shape index (κ3) is 5.81. The van der Waals surface area contributed by atoms with Crippen molar-refractivity contribution in [3.63, 3.8) is 0 Å². The highest BCUT2D eigenvalue weighted by atomic mass is 32.2. The number of carbonyl (C=O) groups is 1. The second-order valence-corrected chi connectivity index (χ2v) is 9.91. The molecule has 1 saturated heterocycles. The third-order valence-corrected chi connectivity index (χ3v) is 7.24. The van der Waals surface area contributed by atoms with E-state index < -0.39 is 10.0 Å². The molecule has 152 valence electrons. The lowest BCUT2D eigenvalue weighted by Gasteiger charge is -2.30. The van der Waals surface area contributed by atoms with E-state index in [1.807, 2.05) is 6.07 Å². The molecule has 28 heavy (non-hydrogen) atoms. The summed E-state index contributed by atoms with van der Waals surface area (Å²) in [7, 11) is -3.73.